The average molecular weight is 205 g/mol. The van der Waals surface area contributed by atoms with Crippen LogP contribution in [0.5, 0.6) is 0 Å². The summed E-state index contributed by atoms with van der Waals surface area (Å²) in [5, 5.41) is 0. The maximum Gasteiger partial charge on any atom is 0.150 e. The lowest BCUT2D eigenvalue weighted by atomic mass is 10.0. The summed E-state index contributed by atoms with van der Waals surface area (Å²) in [4.78, 5) is 0. The predicted octanol–water partition coefficient (Wildman–Crippen LogP) is 4.40. The van der Waals surface area contributed by atoms with Crippen LogP contribution in [0.25, 0.3) is 0 Å². The van der Waals surface area contributed by atoms with Crippen LogP contribution in [0.15, 0.2) is 0 Å². The topological polar surface area (TPSA) is 0 Å². The minimum atomic E-state index is -1.26. The largest absolute Gasteiger partial charge is 0.168 e. The van der Waals surface area contributed by atoms with Crippen LogP contribution in [0.4, 0.5) is 0 Å². The SMILES string of the molecule is C[Si](C)(Cl)CCCC1CCCC1. The quantitative estimate of drug-likeness (QED) is 0.471. The molecular formula is C10H21ClSi. The van der Waals surface area contributed by atoms with E-state index in [-0.39, 0.29) is 0 Å². The maximum absolute atomic E-state index is 6.26. The van der Waals surface area contributed by atoms with Crippen molar-refractivity contribution < 1.29 is 0 Å². The molecule has 1 fully saturated rings. The Kier molecular flexibility index (Phi) is 4.11. The summed E-state index contributed by atoms with van der Waals surface area (Å²) in [7, 11) is -1.26. The van der Waals surface area contributed by atoms with Gasteiger partial charge in [0.15, 0.2) is 0 Å². The van der Waals surface area contributed by atoms with Gasteiger partial charge >= 0.3 is 0 Å². The fraction of sp³-hybridized carbons (Fsp3) is 1.00. The van der Waals surface area contributed by atoms with Gasteiger partial charge in [-0.2, -0.15) is 11.1 Å². The van der Waals surface area contributed by atoms with Crippen LogP contribution in [0.2, 0.25) is 19.1 Å². The average Bonchev–Trinajstić information content (AvgIpc) is 2.36. The van der Waals surface area contributed by atoms with E-state index in [4.69, 9.17) is 11.1 Å². The molecule has 0 aliphatic heterocycles. The Labute approximate surface area is 82.4 Å². The fourth-order valence-corrected chi connectivity index (χ4v) is 3.56. The predicted molar refractivity (Wildman–Crippen MR) is 59.3 cm³/mol. The molecule has 0 N–H and O–H groups in total. The molecule has 0 aromatic carbocycles. The summed E-state index contributed by atoms with van der Waals surface area (Å²) in [5.74, 6) is 1.05. The van der Waals surface area contributed by atoms with E-state index in [1.165, 1.54) is 44.6 Å². The molecule has 0 amide bonds. The molecule has 0 saturated heterocycles. The van der Waals surface area contributed by atoms with Gasteiger partial charge < -0.3 is 0 Å². The van der Waals surface area contributed by atoms with E-state index in [1.54, 1.807) is 0 Å². The van der Waals surface area contributed by atoms with E-state index < -0.39 is 7.38 Å². The molecule has 1 aliphatic rings. The Morgan fingerprint density at radius 2 is 1.83 bits per heavy atom. The smallest absolute Gasteiger partial charge is 0.150 e. The van der Waals surface area contributed by atoms with Crippen molar-refractivity contribution in [3.8, 4) is 0 Å². The van der Waals surface area contributed by atoms with Crippen LogP contribution in [-0.2, 0) is 0 Å². The third-order valence-electron chi connectivity index (χ3n) is 2.86. The number of halogens is 1. The van der Waals surface area contributed by atoms with Gasteiger partial charge in [0.2, 0.25) is 0 Å². The summed E-state index contributed by atoms with van der Waals surface area (Å²) in [6.45, 7) is 4.51. The molecule has 0 bridgehead atoms. The van der Waals surface area contributed by atoms with Crippen molar-refractivity contribution in [2.24, 2.45) is 5.92 Å². The van der Waals surface area contributed by atoms with Gasteiger partial charge in [-0.15, -0.1) is 0 Å². The van der Waals surface area contributed by atoms with Crippen molar-refractivity contribution in [3.05, 3.63) is 0 Å². The van der Waals surface area contributed by atoms with Crippen molar-refractivity contribution in [2.45, 2.75) is 57.7 Å². The lowest BCUT2D eigenvalue weighted by Gasteiger charge is -2.14. The lowest BCUT2D eigenvalue weighted by molar-refractivity contribution is 0.495. The van der Waals surface area contributed by atoms with Crippen molar-refractivity contribution in [2.75, 3.05) is 0 Å². The molecule has 0 heterocycles. The molecule has 2 heteroatoms. The fourth-order valence-electron chi connectivity index (χ4n) is 2.11. The molecule has 0 aromatic rings. The van der Waals surface area contributed by atoms with Gasteiger partial charge in [0.05, 0.1) is 0 Å². The van der Waals surface area contributed by atoms with E-state index in [0.29, 0.717) is 0 Å². The van der Waals surface area contributed by atoms with Crippen LogP contribution in [-0.4, -0.2) is 7.38 Å². The molecule has 1 aliphatic carbocycles. The van der Waals surface area contributed by atoms with Crippen molar-refractivity contribution >= 4 is 18.5 Å². The molecule has 0 spiro atoms. The molecule has 0 unspecified atom stereocenters. The van der Waals surface area contributed by atoms with E-state index in [1.807, 2.05) is 0 Å². The third kappa shape index (κ3) is 4.51. The standard InChI is InChI=1S/C10H21ClSi/c1-12(2,11)9-5-8-10-6-3-4-7-10/h10H,3-9H2,1-2H3. The zero-order chi connectivity index (χ0) is 9.03. The normalized spacial score (nSPS) is 20.2. The third-order valence-corrected chi connectivity index (χ3v) is 4.97. The summed E-state index contributed by atoms with van der Waals surface area (Å²) in [6, 6.07) is 1.31. The van der Waals surface area contributed by atoms with Gasteiger partial charge in [0, 0.05) is 0 Å². The lowest BCUT2D eigenvalue weighted by Crippen LogP contribution is -2.15. The number of hydrogen-bond acceptors (Lipinski definition) is 0. The number of rotatable bonds is 4. The second-order valence-corrected chi connectivity index (χ2v) is 11.8. The van der Waals surface area contributed by atoms with Gasteiger partial charge in [0.1, 0.15) is 7.38 Å². The monoisotopic (exact) mass is 204 g/mol. The molecule has 12 heavy (non-hydrogen) atoms. The summed E-state index contributed by atoms with van der Waals surface area (Å²) in [5.41, 5.74) is 0. The highest BCUT2D eigenvalue weighted by atomic mass is 35.6. The second kappa shape index (κ2) is 4.66. The highest BCUT2D eigenvalue weighted by Crippen LogP contribution is 2.30. The first-order valence-electron chi connectivity index (χ1n) is 5.27. The first-order valence-corrected chi connectivity index (χ1v) is 9.49. The van der Waals surface area contributed by atoms with Crippen molar-refractivity contribution in [3.63, 3.8) is 0 Å². The Morgan fingerprint density at radius 3 is 2.33 bits per heavy atom. The highest BCUT2D eigenvalue weighted by Gasteiger charge is 2.19. The molecule has 72 valence electrons. The minimum absolute atomic E-state index is 1.05. The van der Waals surface area contributed by atoms with Gasteiger partial charge in [-0.1, -0.05) is 51.6 Å². The van der Waals surface area contributed by atoms with E-state index in [2.05, 4.69) is 13.1 Å². The van der Waals surface area contributed by atoms with E-state index >= 15 is 0 Å². The highest BCUT2D eigenvalue weighted by molar-refractivity contribution is 7.19. The van der Waals surface area contributed by atoms with Gasteiger partial charge in [-0.3, -0.25) is 0 Å². The van der Waals surface area contributed by atoms with E-state index in [9.17, 15) is 0 Å². The van der Waals surface area contributed by atoms with Crippen LogP contribution in [0.3, 0.4) is 0 Å². The zero-order valence-electron chi connectivity index (χ0n) is 8.41. The zero-order valence-corrected chi connectivity index (χ0v) is 10.2. The Morgan fingerprint density at radius 1 is 1.25 bits per heavy atom. The van der Waals surface area contributed by atoms with Crippen molar-refractivity contribution in [1.29, 1.82) is 0 Å². The van der Waals surface area contributed by atoms with Crippen molar-refractivity contribution in [1.82, 2.24) is 0 Å². The minimum Gasteiger partial charge on any atom is -0.168 e. The van der Waals surface area contributed by atoms with Gasteiger partial charge in [-0.05, 0) is 12.0 Å². The second-order valence-electron chi connectivity index (χ2n) is 4.76. The Hall–Kier alpha value is 0.507. The van der Waals surface area contributed by atoms with Gasteiger partial charge in [-0.25, -0.2) is 0 Å². The van der Waals surface area contributed by atoms with Crippen LogP contribution < -0.4 is 0 Å². The molecule has 1 rings (SSSR count). The Bertz CT molecular complexity index is 122. The molecule has 0 atom stereocenters. The van der Waals surface area contributed by atoms with Crippen LogP contribution >= 0.6 is 11.1 Å². The molecule has 0 radical (unpaired) electrons. The molecule has 0 aromatic heterocycles. The Balaban J connectivity index is 2.02. The van der Waals surface area contributed by atoms with Crippen LogP contribution in [0.1, 0.15) is 38.5 Å². The molecule has 0 nitrogen and oxygen atoms in total. The van der Waals surface area contributed by atoms with E-state index in [0.717, 1.165) is 5.92 Å². The first kappa shape index (κ1) is 10.6. The summed E-state index contributed by atoms with van der Waals surface area (Å²) < 4.78 is 0. The number of hydrogen-bond donors (Lipinski definition) is 0. The van der Waals surface area contributed by atoms with Crippen LogP contribution in [0, 0.1) is 5.92 Å². The summed E-state index contributed by atoms with van der Waals surface area (Å²) in [6.07, 6.45) is 8.77. The molecule has 1 saturated carbocycles. The first-order chi connectivity index (χ1) is 5.58. The van der Waals surface area contributed by atoms with Gasteiger partial charge in [0.25, 0.3) is 0 Å². The maximum atomic E-state index is 6.26. The molecular weight excluding hydrogens is 184 g/mol. The summed E-state index contributed by atoms with van der Waals surface area (Å²) >= 11 is 6.26.